The van der Waals surface area contributed by atoms with E-state index in [9.17, 15) is 0 Å². The molecular weight excluding hydrogens is 685 g/mol. The van der Waals surface area contributed by atoms with Crippen LogP contribution in [0, 0.1) is 0 Å². The largest absolute Gasteiger partial charge is 0.456 e. The first-order valence-corrected chi connectivity index (χ1v) is 19.0. The fourth-order valence-electron chi connectivity index (χ4n) is 8.84. The molecule has 0 amide bonds. The van der Waals surface area contributed by atoms with Gasteiger partial charge in [0.25, 0.3) is 0 Å². The van der Waals surface area contributed by atoms with Crippen LogP contribution in [-0.2, 0) is 0 Å². The van der Waals surface area contributed by atoms with E-state index in [0.717, 1.165) is 83.1 Å². The summed E-state index contributed by atoms with van der Waals surface area (Å²) in [4.78, 5) is 2.36. The minimum absolute atomic E-state index is 0.844. The molecular formula is C52H32N2O2. The quantitative estimate of drug-likeness (QED) is 0.178. The maximum absolute atomic E-state index is 6.80. The summed E-state index contributed by atoms with van der Waals surface area (Å²) in [6, 6.07) is 69.0. The molecule has 4 heteroatoms. The van der Waals surface area contributed by atoms with Crippen molar-refractivity contribution >= 4 is 93.5 Å². The number of aromatic nitrogens is 1. The Morgan fingerprint density at radius 3 is 1.80 bits per heavy atom. The zero-order chi connectivity index (χ0) is 36.7. The maximum atomic E-state index is 6.80. The summed E-state index contributed by atoms with van der Waals surface area (Å²) in [5.41, 5.74) is 12.0. The summed E-state index contributed by atoms with van der Waals surface area (Å²) in [6.07, 6.45) is 0. The number of para-hydroxylation sites is 5. The van der Waals surface area contributed by atoms with Crippen molar-refractivity contribution in [1.29, 1.82) is 0 Å². The average molecular weight is 717 g/mol. The van der Waals surface area contributed by atoms with Gasteiger partial charge in [-0.15, -0.1) is 0 Å². The molecule has 12 rings (SSSR count). The number of rotatable bonds is 5. The molecule has 12 aromatic rings. The molecule has 0 fully saturated rings. The maximum Gasteiger partial charge on any atom is 0.143 e. The van der Waals surface area contributed by atoms with Crippen molar-refractivity contribution in [3.63, 3.8) is 0 Å². The van der Waals surface area contributed by atoms with Crippen molar-refractivity contribution in [1.82, 2.24) is 4.57 Å². The number of fused-ring (bicyclic) bond motifs is 10. The van der Waals surface area contributed by atoms with E-state index >= 15 is 0 Å². The second-order valence-corrected chi connectivity index (χ2v) is 14.5. The Kier molecular flexibility index (Phi) is 6.60. The number of nitrogens with zero attached hydrogens (tertiary/aromatic N) is 2. The van der Waals surface area contributed by atoms with Crippen molar-refractivity contribution in [3.05, 3.63) is 194 Å². The van der Waals surface area contributed by atoms with Gasteiger partial charge in [-0.2, -0.15) is 0 Å². The number of benzene rings is 9. The molecule has 4 nitrogen and oxygen atoms in total. The number of hydrogen-bond acceptors (Lipinski definition) is 3. The highest BCUT2D eigenvalue weighted by molar-refractivity contribution is 6.14. The molecule has 3 heterocycles. The van der Waals surface area contributed by atoms with Crippen LogP contribution in [0.1, 0.15) is 0 Å². The van der Waals surface area contributed by atoms with Crippen LogP contribution in [-0.4, -0.2) is 4.57 Å². The normalized spacial score (nSPS) is 11.9. The Morgan fingerprint density at radius 1 is 0.357 bits per heavy atom. The van der Waals surface area contributed by atoms with Crippen LogP contribution in [0.25, 0.3) is 93.3 Å². The van der Waals surface area contributed by atoms with Crippen LogP contribution in [0.5, 0.6) is 0 Å². The highest BCUT2D eigenvalue weighted by Crippen LogP contribution is 2.46. The molecule has 0 N–H and O–H groups in total. The smallest absolute Gasteiger partial charge is 0.143 e. The molecule has 0 saturated heterocycles. The Balaban J connectivity index is 1.11. The van der Waals surface area contributed by atoms with Crippen LogP contribution in [0.3, 0.4) is 0 Å². The van der Waals surface area contributed by atoms with Gasteiger partial charge in [0.15, 0.2) is 0 Å². The lowest BCUT2D eigenvalue weighted by Crippen LogP contribution is -2.11. The summed E-state index contributed by atoms with van der Waals surface area (Å²) in [6.45, 7) is 0. The number of anilines is 3. The summed E-state index contributed by atoms with van der Waals surface area (Å²) in [7, 11) is 0. The monoisotopic (exact) mass is 716 g/mol. The van der Waals surface area contributed by atoms with Crippen LogP contribution in [0.2, 0.25) is 0 Å². The molecule has 0 aliphatic heterocycles. The van der Waals surface area contributed by atoms with Crippen molar-refractivity contribution in [2.24, 2.45) is 0 Å². The van der Waals surface area contributed by atoms with Crippen LogP contribution in [0.15, 0.2) is 203 Å². The van der Waals surface area contributed by atoms with E-state index < -0.39 is 0 Å². The summed E-state index contributed by atoms with van der Waals surface area (Å²) >= 11 is 0. The Morgan fingerprint density at radius 2 is 0.964 bits per heavy atom. The van der Waals surface area contributed by atoms with E-state index in [1.54, 1.807) is 0 Å². The van der Waals surface area contributed by atoms with E-state index in [1.807, 2.05) is 12.1 Å². The first kappa shape index (κ1) is 30.9. The second-order valence-electron chi connectivity index (χ2n) is 14.5. The average Bonchev–Trinajstić information content (AvgIpc) is 3.92. The zero-order valence-corrected chi connectivity index (χ0v) is 30.2. The first-order chi connectivity index (χ1) is 27.8. The third kappa shape index (κ3) is 4.60. The van der Waals surface area contributed by atoms with Gasteiger partial charge in [0.1, 0.15) is 22.3 Å². The molecule has 9 aromatic carbocycles. The van der Waals surface area contributed by atoms with Crippen molar-refractivity contribution < 1.29 is 8.83 Å². The molecule has 0 unspecified atom stereocenters. The SMILES string of the molecule is c1cc(N(c2ccc3c(c2)oc2ccccc23)c2ccccc2-c2cccc3c2oc2cc4ccccc4cc23)cc(-n2c3ccccc3c3ccccc32)c1. The van der Waals surface area contributed by atoms with Gasteiger partial charge in [0.2, 0.25) is 0 Å². The number of furan rings is 2. The fraction of sp³-hybridized carbons (Fsp3) is 0. The molecule has 262 valence electrons. The minimum atomic E-state index is 0.844. The fourth-order valence-corrected chi connectivity index (χ4v) is 8.84. The summed E-state index contributed by atoms with van der Waals surface area (Å²) < 4.78 is 15.7. The Bertz CT molecular complexity index is 3460. The van der Waals surface area contributed by atoms with E-state index in [2.05, 4.69) is 191 Å². The molecule has 56 heavy (non-hydrogen) atoms. The highest BCUT2D eigenvalue weighted by Gasteiger charge is 2.22. The van der Waals surface area contributed by atoms with Crippen LogP contribution >= 0.6 is 0 Å². The van der Waals surface area contributed by atoms with Crippen molar-refractivity contribution in [2.45, 2.75) is 0 Å². The van der Waals surface area contributed by atoms with E-state index in [1.165, 1.54) is 27.2 Å². The molecule has 0 atom stereocenters. The minimum Gasteiger partial charge on any atom is -0.456 e. The van der Waals surface area contributed by atoms with E-state index in [-0.39, 0.29) is 0 Å². The second kappa shape index (κ2) is 12.0. The Labute approximate surface area is 321 Å². The molecule has 0 spiro atoms. The lowest BCUT2D eigenvalue weighted by Gasteiger charge is -2.28. The molecule has 3 aromatic heterocycles. The van der Waals surface area contributed by atoms with Gasteiger partial charge < -0.3 is 18.3 Å². The molecule has 0 radical (unpaired) electrons. The van der Waals surface area contributed by atoms with Gasteiger partial charge in [-0.05, 0) is 77.5 Å². The highest BCUT2D eigenvalue weighted by atomic mass is 16.3. The molecule has 0 aliphatic carbocycles. The standard InChI is InChI=1S/C52H32N2O2/c1-2-14-34-30-50-45(29-33(34)13-1)44-22-12-21-43(52(44)56-50)40-19-5-7-23-46(40)53(37-27-28-42-41-20-6-10-26-49(41)55-51(42)32-37)35-15-11-16-36(31-35)54-47-24-8-3-17-38(47)39-18-4-9-25-48(39)54/h1-32H. The predicted molar refractivity (Wildman–Crippen MR) is 233 cm³/mol. The third-order valence-corrected chi connectivity index (χ3v) is 11.3. The van der Waals surface area contributed by atoms with E-state index in [4.69, 9.17) is 8.83 Å². The van der Waals surface area contributed by atoms with Crippen molar-refractivity contribution in [2.75, 3.05) is 4.90 Å². The van der Waals surface area contributed by atoms with Gasteiger partial charge in [-0.3, -0.25) is 0 Å². The van der Waals surface area contributed by atoms with Gasteiger partial charge in [-0.1, -0.05) is 121 Å². The predicted octanol–water partition coefficient (Wildman–Crippen LogP) is 14.9. The van der Waals surface area contributed by atoms with Gasteiger partial charge >= 0.3 is 0 Å². The van der Waals surface area contributed by atoms with Crippen LogP contribution < -0.4 is 4.90 Å². The lowest BCUT2D eigenvalue weighted by molar-refractivity contribution is 0.669. The molecule has 0 bridgehead atoms. The van der Waals surface area contributed by atoms with Gasteiger partial charge in [0, 0.05) is 66.6 Å². The van der Waals surface area contributed by atoms with Gasteiger partial charge in [0.05, 0.1) is 16.7 Å². The summed E-state index contributed by atoms with van der Waals surface area (Å²) in [5.74, 6) is 0. The zero-order valence-electron chi connectivity index (χ0n) is 30.2. The Hall–Kier alpha value is -7.56. The molecule has 0 saturated carbocycles. The third-order valence-electron chi connectivity index (χ3n) is 11.3. The topological polar surface area (TPSA) is 34.5 Å². The number of hydrogen-bond donors (Lipinski definition) is 0. The molecule has 0 aliphatic rings. The summed E-state index contributed by atoms with van der Waals surface area (Å²) in [5, 5.41) is 9.25. The van der Waals surface area contributed by atoms with Gasteiger partial charge in [-0.25, -0.2) is 0 Å². The lowest BCUT2D eigenvalue weighted by atomic mass is 9.98. The van der Waals surface area contributed by atoms with Crippen molar-refractivity contribution in [3.8, 4) is 16.8 Å². The van der Waals surface area contributed by atoms with E-state index in [0.29, 0.717) is 0 Å². The first-order valence-electron chi connectivity index (χ1n) is 19.0. The van der Waals surface area contributed by atoms with Crippen LogP contribution in [0.4, 0.5) is 17.1 Å².